The topological polar surface area (TPSA) is 18.5 Å². The van der Waals surface area contributed by atoms with Crippen molar-refractivity contribution in [1.29, 1.82) is 0 Å². The SMILES string of the molecule is C=CCCc1ccc(OCc2ccc3c(c2F)C(F)C(F)c2c-3ccc(OCC)c2F)c(F)c1F. The second-order valence-electron chi connectivity index (χ2n) is 8.04. The van der Waals surface area contributed by atoms with Gasteiger partial charge < -0.3 is 9.47 Å². The summed E-state index contributed by atoms with van der Waals surface area (Å²) in [7, 11) is 0. The molecule has 3 aromatic rings. The Hall–Kier alpha value is -3.42. The normalized spacial score (nSPS) is 16.4. The molecule has 2 unspecified atom stereocenters. The molecule has 4 rings (SSSR count). The molecule has 0 fully saturated rings. The van der Waals surface area contributed by atoms with Gasteiger partial charge in [0, 0.05) is 16.7 Å². The summed E-state index contributed by atoms with van der Waals surface area (Å²) in [4.78, 5) is 0. The minimum atomic E-state index is -2.48. The van der Waals surface area contributed by atoms with Crippen LogP contribution in [0.25, 0.3) is 11.1 Å². The molecular weight excluding hydrogens is 470 g/mol. The zero-order valence-corrected chi connectivity index (χ0v) is 18.8. The van der Waals surface area contributed by atoms with Crippen LogP contribution in [0.15, 0.2) is 49.1 Å². The number of benzene rings is 3. The van der Waals surface area contributed by atoms with Crippen LogP contribution in [0.3, 0.4) is 0 Å². The van der Waals surface area contributed by atoms with Crippen molar-refractivity contribution in [2.75, 3.05) is 6.61 Å². The molecule has 0 saturated heterocycles. The van der Waals surface area contributed by atoms with Gasteiger partial charge in [0.05, 0.1) is 6.61 Å². The molecule has 1 aliphatic carbocycles. The third-order valence-electron chi connectivity index (χ3n) is 5.93. The van der Waals surface area contributed by atoms with E-state index in [9.17, 15) is 17.6 Å². The molecule has 0 bridgehead atoms. The number of halogens is 6. The van der Waals surface area contributed by atoms with Crippen LogP contribution in [0.2, 0.25) is 0 Å². The van der Waals surface area contributed by atoms with Gasteiger partial charge in [-0.2, -0.15) is 4.39 Å². The maximum absolute atomic E-state index is 15.3. The third-order valence-corrected chi connectivity index (χ3v) is 5.93. The molecule has 0 saturated carbocycles. The van der Waals surface area contributed by atoms with Gasteiger partial charge in [-0.1, -0.05) is 30.3 Å². The highest BCUT2D eigenvalue weighted by molar-refractivity contribution is 5.76. The van der Waals surface area contributed by atoms with E-state index in [2.05, 4.69) is 6.58 Å². The maximum atomic E-state index is 15.3. The summed E-state index contributed by atoms with van der Waals surface area (Å²) < 4.78 is 99.1. The predicted molar refractivity (Wildman–Crippen MR) is 120 cm³/mol. The summed E-state index contributed by atoms with van der Waals surface area (Å²) in [6.07, 6.45) is -2.66. The van der Waals surface area contributed by atoms with Crippen molar-refractivity contribution in [3.05, 3.63) is 94.6 Å². The predicted octanol–water partition coefficient (Wildman–Crippen LogP) is 8.04. The van der Waals surface area contributed by atoms with Crippen LogP contribution in [0.4, 0.5) is 26.3 Å². The second-order valence-corrected chi connectivity index (χ2v) is 8.04. The van der Waals surface area contributed by atoms with E-state index in [4.69, 9.17) is 9.47 Å². The van der Waals surface area contributed by atoms with E-state index in [1.54, 1.807) is 13.0 Å². The Kier molecular flexibility index (Phi) is 7.10. The van der Waals surface area contributed by atoms with E-state index < -0.39 is 59.1 Å². The molecule has 184 valence electrons. The maximum Gasteiger partial charge on any atom is 0.200 e. The highest BCUT2D eigenvalue weighted by atomic mass is 19.2. The summed E-state index contributed by atoms with van der Waals surface area (Å²) in [5, 5.41) is 0. The van der Waals surface area contributed by atoms with E-state index >= 15 is 8.78 Å². The average molecular weight is 492 g/mol. The van der Waals surface area contributed by atoms with Crippen molar-refractivity contribution in [2.24, 2.45) is 0 Å². The molecule has 2 atom stereocenters. The summed E-state index contributed by atoms with van der Waals surface area (Å²) in [6, 6.07) is 7.78. The minimum absolute atomic E-state index is 0.00612. The van der Waals surface area contributed by atoms with Crippen LogP contribution in [-0.2, 0) is 13.0 Å². The molecule has 3 aromatic carbocycles. The molecule has 0 spiro atoms. The zero-order chi connectivity index (χ0) is 25.3. The van der Waals surface area contributed by atoms with Crippen LogP contribution >= 0.6 is 0 Å². The van der Waals surface area contributed by atoms with Gasteiger partial charge >= 0.3 is 0 Å². The van der Waals surface area contributed by atoms with Crippen LogP contribution in [0.5, 0.6) is 11.5 Å². The highest BCUT2D eigenvalue weighted by Gasteiger charge is 2.40. The van der Waals surface area contributed by atoms with Crippen molar-refractivity contribution >= 4 is 0 Å². The lowest BCUT2D eigenvalue weighted by Gasteiger charge is -2.28. The number of allylic oxidation sites excluding steroid dienone is 1. The molecule has 0 N–H and O–H groups in total. The first-order chi connectivity index (χ1) is 16.8. The Morgan fingerprint density at radius 2 is 1.31 bits per heavy atom. The fraction of sp³-hybridized carbons (Fsp3) is 0.259. The number of fused-ring (bicyclic) bond motifs is 3. The molecule has 35 heavy (non-hydrogen) atoms. The van der Waals surface area contributed by atoms with Crippen LogP contribution < -0.4 is 9.47 Å². The van der Waals surface area contributed by atoms with Gasteiger partial charge in [0.15, 0.2) is 35.5 Å². The van der Waals surface area contributed by atoms with Gasteiger partial charge in [-0.15, -0.1) is 6.58 Å². The highest BCUT2D eigenvalue weighted by Crippen LogP contribution is 2.51. The number of ether oxygens (including phenoxy) is 2. The standard InChI is InChI=1S/C27H22F6O2/c1-3-5-6-14-8-11-19(25(31)23(14)29)35-13-15-7-9-16-17-10-12-18(34-4-2)24(30)21(17)27(33)26(32)20(16)22(15)28/h3,7-12,26-27H,1,4-6,13H2,2H3. The lowest BCUT2D eigenvalue weighted by atomic mass is 9.81. The zero-order valence-electron chi connectivity index (χ0n) is 18.8. The van der Waals surface area contributed by atoms with E-state index in [0.717, 1.165) is 0 Å². The molecule has 0 aliphatic heterocycles. The lowest BCUT2D eigenvalue weighted by molar-refractivity contribution is 0.158. The van der Waals surface area contributed by atoms with Gasteiger partial charge in [-0.3, -0.25) is 0 Å². The van der Waals surface area contributed by atoms with Gasteiger partial charge in [-0.25, -0.2) is 22.0 Å². The number of rotatable bonds is 8. The Balaban J connectivity index is 1.65. The number of hydrogen-bond donors (Lipinski definition) is 0. The number of hydrogen-bond acceptors (Lipinski definition) is 2. The molecule has 8 heteroatoms. The summed E-state index contributed by atoms with van der Waals surface area (Å²) in [5.41, 5.74) is -1.16. The van der Waals surface area contributed by atoms with Crippen molar-refractivity contribution in [2.45, 2.75) is 38.7 Å². The number of alkyl halides is 2. The van der Waals surface area contributed by atoms with Gasteiger partial charge in [0.25, 0.3) is 0 Å². The van der Waals surface area contributed by atoms with Gasteiger partial charge in [-0.05, 0) is 48.6 Å². The quantitative estimate of drug-likeness (QED) is 0.234. The van der Waals surface area contributed by atoms with Crippen molar-refractivity contribution in [1.82, 2.24) is 0 Å². The molecule has 2 nitrogen and oxygen atoms in total. The van der Waals surface area contributed by atoms with E-state index in [1.165, 1.54) is 36.4 Å². The van der Waals surface area contributed by atoms with Crippen molar-refractivity contribution in [3.8, 4) is 22.6 Å². The van der Waals surface area contributed by atoms with Crippen molar-refractivity contribution < 1.29 is 35.8 Å². The van der Waals surface area contributed by atoms with Crippen LogP contribution in [-0.4, -0.2) is 6.61 Å². The fourth-order valence-electron chi connectivity index (χ4n) is 4.18. The Morgan fingerprint density at radius 3 is 1.97 bits per heavy atom. The van der Waals surface area contributed by atoms with E-state index in [0.29, 0.717) is 6.42 Å². The summed E-state index contributed by atoms with van der Waals surface area (Å²) >= 11 is 0. The first kappa shape index (κ1) is 24.7. The molecular formula is C27H22F6O2. The third kappa shape index (κ3) is 4.37. The van der Waals surface area contributed by atoms with Crippen LogP contribution in [0, 0.1) is 23.3 Å². The molecule has 0 amide bonds. The summed E-state index contributed by atoms with van der Waals surface area (Å²) in [6.45, 7) is 4.72. The van der Waals surface area contributed by atoms with Crippen molar-refractivity contribution in [3.63, 3.8) is 0 Å². The molecule has 0 aromatic heterocycles. The van der Waals surface area contributed by atoms with Gasteiger partial charge in [0.2, 0.25) is 5.82 Å². The lowest BCUT2D eigenvalue weighted by Crippen LogP contribution is -2.17. The Labute approximate surface area is 198 Å². The first-order valence-corrected chi connectivity index (χ1v) is 11.1. The molecule has 0 radical (unpaired) electrons. The number of aryl methyl sites for hydroxylation is 1. The second kappa shape index (κ2) is 10.1. The van der Waals surface area contributed by atoms with E-state index in [-0.39, 0.29) is 41.0 Å². The first-order valence-electron chi connectivity index (χ1n) is 11.1. The fourth-order valence-corrected chi connectivity index (χ4v) is 4.18. The molecule has 0 heterocycles. The smallest absolute Gasteiger partial charge is 0.200 e. The average Bonchev–Trinajstić information content (AvgIpc) is 2.84. The Morgan fingerprint density at radius 1 is 0.743 bits per heavy atom. The minimum Gasteiger partial charge on any atom is -0.491 e. The Bertz CT molecular complexity index is 1270. The van der Waals surface area contributed by atoms with Gasteiger partial charge in [0.1, 0.15) is 12.4 Å². The van der Waals surface area contributed by atoms with E-state index in [1.807, 2.05) is 0 Å². The molecule has 1 aliphatic rings. The van der Waals surface area contributed by atoms with Crippen LogP contribution in [0.1, 0.15) is 47.9 Å². The summed E-state index contributed by atoms with van der Waals surface area (Å²) in [5.74, 6) is -5.11. The largest absolute Gasteiger partial charge is 0.491 e. The monoisotopic (exact) mass is 492 g/mol.